The molecule has 1 aliphatic heterocycles. The first-order valence-corrected chi connectivity index (χ1v) is 9.02. The van der Waals surface area contributed by atoms with Crippen LogP contribution in [0.2, 0.25) is 0 Å². The van der Waals surface area contributed by atoms with Gasteiger partial charge in [0.15, 0.2) is 5.16 Å². The number of aromatic nitrogens is 3. The normalized spacial score (nSPS) is 28.9. The Morgan fingerprint density at radius 1 is 1.35 bits per heavy atom. The third-order valence-corrected chi connectivity index (χ3v) is 5.76. The number of carbonyl (C=O) groups excluding carboxylic acids is 1. The van der Waals surface area contributed by atoms with E-state index in [-0.39, 0.29) is 16.9 Å². The number of nitrogens with zero attached hydrogens (tertiary/aromatic N) is 3. The van der Waals surface area contributed by atoms with Crippen molar-refractivity contribution < 1.29 is 4.79 Å². The fourth-order valence-corrected chi connectivity index (χ4v) is 5.10. The molecule has 23 heavy (non-hydrogen) atoms. The Balaban J connectivity index is 1.65. The van der Waals surface area contributed by atoms with Gasteiger partial charge in [0.05, 0.1) is 5.75 Å². The lowest BCUT2D eigenvalue weighted by molar-refractivity contribution is -0.129. The zero-order valence-corrected chi connectivity index (χ0v) is 15.0. The lowest BCUT2D eigenvalue weighted by Crippen LogP contribution is -2.38. The molecule has 0 unspecified atom stereocenters. The van der Waals surface area contributed by atoms with Gasteiger partial charge in [0.25, 0.3) is 5.56 Å². The van der Waals surface area contributed by atoms with E-state index in [1.54, 1.807) is 6.92 Å². The minimum Gasteiger partial charge on any atom is -0.338 e. The van der Waals surface area contributed by atoms with Gasteiger partial charge in [-0.2, -0.15) is 0 Å². The van der Waals surface area contributed by atoms with E-state index in [1.807, 2.05) is 4.90 Å². The maximum atomic E-state index is 12.6. The van der Waals surface area contributed by atoms with Gasteiger partial charge in [0.2, 0.25) is 5.91 Å². The first-order valence-electron chi connectivity index (χ1n) is 8.03. The molecule has 0 aromatic carbocycles. The summed E-state index contributed by atoms with van der Waals surface area (Å²) in [7, 11) is 0. The molecule has 2 atom stereocenters. The summed E-state index contributed by atoms with van der Waals surface area (Å²) in [5.41, 5.74) is 0.628. The van der Waals surface area contributed by atoms with E-state index in [1.165, 1.54) is 18.2 Å². The van der Waals surface area contributed by atoms with Crippen molar-refractivity contribution in [3.8, 4) is 0 Å². The molecule has 2 heterocycles. The molecule has 1 amide bonds. The van der Waals surface area contributed by atoms with Crippen LogP contribution in [0.3, 0.4) is 0 Å². The second kappa shape index (κ2) is 5.61. The molecule has 1 N–H and O–H groups in total. The fourth-order valence-electron chi connectivity index (χ4n) is 4.41. The molecule has 2 fully saturated rings. The third-order valence-electron chi connectivity index (χ3n) is 4.91. The van der Waals surface area contributed by atoms with Crippen molar-refractivity contribution in [2.24, 2.45) is 10.8 Å². The zero-order chi connectivity index (χ0) is 16.8. The molecule has 0 radical (unpaired) electrons. The van der Waals surface area contributed by atoms with E-state index in [2.05, 4.69) is 36.0 Å². The van der Waals surface area contributed by atoms with Crippen LogP contribution in [0.25, 0.3) is 0 Å². The maximum absolute atomic E-state index is 12.6. The van der Waals surface area contributed by atoms with Crippen LogP contribution in [0.5, 0.6) is 0 Å². The van der Waals surface area contributed by atoms with Gasteiger partial charge in [-0.15, -0.1) is 10.2 Å². The quantitative estimate of drug-likeness (QED) is 0.854. The highest BCUT2D eigenvalue weighted by Gasteiger charge is 2.50. The number of hydrogen-bond acceptors (Lipinski definition) is 5. The van der Waals surface area contributed by atoms with Gasteiger partial charge in [-0.3, -0.25) is 14.6 Å². The van der Waals surface area contributed by atoms with Crippen molar-refractivity contribution in [3.05, 3.63) is 16.0 Å². The molecule has 1 saturated carbocycles. The molecule has 126 valence electrons. The summed E-state index contributed by atoms with van der Waals surface area (Å²) in [5, 5.41) is 8.13. The number of carbonyl (C=O) groups is 1. The summed E-state index contributed by atoms with van der Waals surface area (Å²) in [6.07, 6.45) is 3.35. The molecular weight excluding hydrogens is 312 g/mol. The molecule has 1 saturated heterocycles. The minimum atomic E-state index is -0.249. The average Bonchev–Trinajstić information content (AvgIpc) is 2.69. The summed E-state index contributed by atoms with van der Waals surface area (Å²) >= 11 is 1.25. The van der Waals surface area contributed by atoms with Crippen LogP contribution < -0.4 is 5.56 Å². The molecule has 1 aromatic heterocycles. The van der Waals surface area contributed by atoms with Crippen molar-refractivity contribution in [2.45, 2.75) is 58.2 Å². The van der Waals surface area contributed by atoms with Crippen LogP contribution in [0.1, 0.15) is 45.7 Å². The number of thioether (sulfide) groups is 1. The SMILES string of the molecule is Cc1nnc(SCC(=O)N2C[C@@]3(C)C[C@H]2CC(C)(C)C3)[nH]c1=O. The molecule has 6 nitrogen and oxygen atoms in total. The zero-order valence-electron chi connectivity index (χ0n) is 14.2. The molecule has 1 aliphatic carbocycles. The Labute approximate surface area is 140 Å². The lowest BCUT2D eigenvalue weighted by atomic mass is 9.65. The largest absolute Gasteiger partial charge is 0.338 e. The monoisotopic (exact) mass is 336 g/mol. The van der Waals surface area contributed by atoms with Crippen molar-refractivity contribution >= 4 is 17.7 Å². The maximum Gasteiger partial charge on any atom is 0.273 e. The molecule has 7 heteroatoms. The van der Waals surface area contributed by atoms with E-state index in [0.29, 0.717) is 28.1 Å². The molecule has 2 bridgehead atoms. The van der Waals surface area contributed by atoms with Crippen molar-refractivity contribution in [1.82, 2.24) is 20.1 Å². The molecule has 1 aromatic rings. The number of nitrogens with one attached hydrogen (secondary N) is 1. The minimum absolute atomic E-state index is 0.129. The van der Waals surface area contributed by atoms with Crippen LogP contribution in [-0.2, 0) is 4.79 Å². The van der Waals surface area contributed by atoms with Crippen LogP contribution in [0.4, 0.5) is 0 Å². The second-order valence-corrected chi connectivity index (χ2v) is 9.03. The topological polar surface area (TPSA) is 79.0 Å². The van der Waals surface area contributed by atoms with Gasteiger partial charge >= 0.3 is 0 Å². The van der Waals surface area contributed by atoms with Crippen LogP contribution in [0.15, 0.2) is 9.95 Å². The number of aryl methyl sites for hydroxylation is 1. The number of aromatic amines is 1. The van der Waals surface area contributed by atoms with E-state index >= 15 is 0 Å². The molecular formula is C16H24N4O2S. The lowest BCUT2D eigenvalue weighted by Gasteiger charge is -2.39. The number of amides is 1. The first kappa shape index (κ1) is 16.5. The molecule has 2 aliphatic rings. The number of hydrogen-bond donors (Lipinski definition) is 1. The van der Waals surface area contributed by atoms with Crippen LogP contribution in [0, 0.1) is 17.8 Å². The number of H-pyrrole nitrogens is 1. The van der Waals surface area contributed by atoms with Gasteiger partial charge in [-0.05, 0) is 37.0 Å². The highest BCUT2D eigenvalue weighted by atomic mass is 32.2. The fraction of sp³-hybridized carbons (Fsp3) is 0.750. The van der Waals surface area contributed by atoms with Gasteiger partial charge in [0.1, 0.15) is 5.69 Å². The predicted molar refractivity (Wildman–Crippen MR) is 89.4 cm³/mol. The summed E-state index contributed by atoms with van der Waals surface area (Å²) in [4.78, 5) is 28.9. The van der Waals surface area contributed by atoms with Crippen LogP contribution >= 0.6 is 11.8 Å². The number of rotatable bonds is 3. The van der Waals surface area contributed by atoms with Gasteiger partial charge < -0.3 is 4.90 Å². The van der Waals surface area contributed by atoms with Crippen molar-refractivity contribution in [2.75, 3.05) is 12.3 Å². The first-order chi connectivity index (χ1) is 10.7. The summed E-state index contributed by atoms with van der Waals surface area (Å²) in [5.74, 6) is 0.422. The number of likely N-dealkylation sites (tertiary alicyclic amines) is 1. The highest BCUT2D eigenvalue weighted by molar-refractivity contribution is 7.99. The number of fused-ring (bicyclic) bond motifs is 2. The van der Waals surface area contributed by atoms with E-state index in [4.69, 9.17) is 0 Å². The van der Waals surface area contributed by atoms with Gasteiger partial charge in [-0.1, -0.05) is 32.5 Å². The molecule has 3 rings (SSSR count). The smallest absolute Gasteiger partial charge is 0.273 e. The van der Waals surface area contributed by atoms with E-state index < -0.39 is 0 Å². The Hall–Kier alpha value is -1.37. The summed E-state index contributed by atoms with van der Waals surface area (Å²) < 4.78 is 0. The van der Waals surface area contributed by atoms with Crippen molar-refractivity contribution in [3.63, 3.8) is 0 Å². The Kier molecular flexibility index (Phi) is 4.02. The van der Waals surface area contributed by atoms with Gasteiger partial charge in [0, 0.05) is 12.6 Å². The summed E-state index contributed by atoms with van der Waals surface area (Å²) in [6.45, 7) is 9.35. The Morgan fingerprint density at radius 2 is 2.09 bits per heavy atom. The van der Waals surface area contributed by atoms with Crippen molar-refractivity contribution in [1.29, 1.82) is 0 Å². The predicted octanol–water partition coefficient (Wildman–Crippen LogP) is 1.99. The molecule has 0 spiro atoms. The Bertz CT molecular complexity index is 687. The van der Waals surface area contributed by atoms with Gasteiger partial charge in [-0.25, -0.2) is 0 Å². The third kappa shape index (κ3) is 3.44. The summed E-state index contributed by atoms with van der Waals surface area (Å²) in [6, 6.07) is 0.347. The highest BCUT2D eigenvalue weighted by Crippen LogP contribution is 2.52. The average molecular weight is 336 g/mol. The standard InChI is InChI=1S/C16H24N4O2S/c1-10-13(22)17-14(19-18-10)23-7-12(21)20-9-16(4)6-11(20)5-15(2,3)8-16/h11H,5-9H2,1-4H3,(H,17,19,22)/t11-,16+/m1/s1. The Morgan fingerprint density at radius 3 is 2.78 bits per heavy atom. The van der Waals surface area contributed by atoms with E-state index in [9.17, 15) is 9.59 Å². The van der Waals surface area contributed by atoms with Crippen LogP contribution in [-0.4, -0.2) is 44.3 Å². The van der Waals surface area contributed by atoms with E-state index in [0.717, 1.165) is 19.4 Å². The second-order valence-electron chi connectivity index (χ2n) is 8.07.